The van der Waals surface area contributed by atoms with Crippen molar-refractivity contribution in [2.24, 2.45) is 0 Å². The predicted molar refractivity (Wildman–Crippen MR) is 82.0 cm³/mol. The molecule has 0 aliphatic carbocycles. The van der Waals surface area contributed by atoms with Gasteiger partial charge in [-0.2, -0.15) is 5.26 Å². The van der Waals surface area contributed by atoms with Crippen LogP contribution in [0, 0.1) is 11.3 Å². The van der Waals surface area contributed by atoms with E-state index in [2.05, 4.69) is 11.0 Å². The molecule has 1 heterocycles. The number of piperazine rings is 1. The third-order valence-corrected chi connectivity index (χ3v) is 3.99. The summed E-state index contributed by atoms with van der Waals surface area (Å²) in [5.41, 5.74) is 0.842. The summed E-state index contributed by atoms with van der Waals surface area (Å²) < 4.78 is 0. The van der Waals surface area contributed by atoms with Crippen LogP contribution in [0.15, 0.2) is 24.3 Å². The second kappa shape index (κ2) is 7.72. The van der Waals surface area contributed by atoms with Crippen LogP contribution in [0.1, 0.15) is 28.4 Å². The zero-order chi connectivity index (χ0) is 16.8. The highest BCUT2D eigenvalue weighted by Gasteiger charge is 2.25. The average molecular weight is 317 g/mol. The fourth-order valence-electron chi connectivity index (χ4n) is 2.71. The van der Waals surface area contributed by atoms with Crippen LogP contribution in [-0.4, -0.2) is 64.7 Å². The molecule has 1 aromatic rings. The molecule has 1 saturated heterocycles. The maximum atomic E-state index is 11.1. The summed E-state index contributed by atoms with van der Waals surface area (Å²) in [6.07, 6.45) is 0.113. The summed E-state index contributed by atoms with van der Waals surface area (Å²) in [5, 5.41) is 27.2. The Morgan fingerprint density at radius 1 is 1.22 bits per heavy atom. The van der Waals surface area contributed by atoms with Gasteiger partial charge in [0.2, 0.25) is 0 Å². The number of hydrogen-bond donors (Lipinski definition) is 2. The van der Waals surface area contributed by atoms with Crippen molar-refractivity contribution < 1.29 is 19.8 Å². The molecule has 0 bridgehead atoms. The number of hydrogen-bond acceptors (Lipinski definition) is 5. The molecule has 7 nitrogen and oxygen atoms in total. The van der Waals surface area contributed by atoms with Gasteiger partial charge in [0.15, 0.2) is 0 Å². The van der Waals surface area contributed by atoms with Crippen molar-refractivity contribution >= 4 is 11.9 Å². The van der Waals surface area contributed by atoms with Gasteiger partial charge in [0, 0.05) is 32.7 Å². The van der Waals surface area contributed by atoms with E-state index in [4.69, 9.17) is 10.2 Å². The molecule has 7 heteroatoms. The molecule has 2 rings (SSSR count). The summed E-state index contributed by atoms with van der Waals surface area (Å²) in [6, 6.07) is 8.19. The van der Waals surface area contributed by atoms with Crippen molar-refractivity contribution in [3.63, 3.8) is 0 Å². The van der Waals surface area contributed by atoms with Gasteiger partial charge < -0.3 is 15.1 Å². The number of rotatable bonds is 6. The first kappa shape index (κ1) is 16.9. The normalized spacial score (nSPS) is 17.3. The van der Waals surface area contributed by atoms with Crippen molar-refractivity contribution in [2.75, 3.05) is 32.7 Å². The summed E-state index contributed by atoms with van der Waals surface area (Å²) in [5.74, 6) is -1.82. The molecule has 2 N–H and O–H groups in total. The van der Waals surface area contributed by atoms with Gasteiger partial charge in [0.05, 0.1) is 18.1 Å². The molecule has 1 aliphatic rings. The number of nitrogens with zero attached hydrogens (tertiary/aromatic N) is 3. The highest BCUT2D eigenvalue weighted by atomic mass is 16.4. The SMILES string of the molecule is N#CC(c1cccc(C(=O)O)c1)N1CCN(CCC(=O)O)CC1. The number of benzene rings is 1. The number of carboxylic acids is 2. The zero-order valence-corrected chi connectivity index (χ0v) is 12.7. The monoisotopic (exact) mass is 317 g/mol. The van der Waals surface area contributed by atoms with Crippen LogP contribution in [0.4, 0.5) is 0 Å². The minimum Gasteiger partial charge on any atom is -0.481 e. The number of carboxylic acid groups (broad SMARTS) is 2. The lowest BCUT2D eigenvalue weighted by Gasteiger charge is -2.36. The quantitative estimate of drug-likeness (QED) is 0.807. The van der Waals surface area contributed by atoms with E-state index < -0.39 is 18.0 Å². The van der Waals surface area contributed by atoms with Crippen LogP contribution < -0.4 is 0 Å². The number of carbonyl (C=O) groups is 2. The minimum atomic E-state index is -1.01. The van der Waals surface area contributed by atoms with Crippen LogP contribution >= 0.6 is 0 Å². The van der Waals surface area contributed by atoms with Gasteiger partial charge in [-0.15, -0.1) is 0 Å². The van der Waals surface area contributed by atoms with Crippen LogP contribution in [0.5, 0.6) is 0 Å². The summed E-state index contributed by atoms with van der Waals surface area (Å²) in [4.78, 5) is 25.7. The summed E-state index contributed by atoms with van der Waals surface area (Å²) in [7, 11) is 0. The van der Waals surface area contributed by atoms with Crippen molar-refractivity contribution in [1.29, 1.82) is 5.26 Å². The third kappa shape index (κ3) is 4.52. The molecule has 0 saturated carbocycles. The molecule has 122 valence electrons. The number of aromatic carboxylic acids is 1. The van der Waals surface area contributed by atoms with Crippen LogP contribution in [0.25, 0.3) is 0 Å². The molecular weight excluding hydrogens is 298 g/mol. The second-order valence-electron chi connectivity index (χ2n) is 5.48. The first-order valence-corrected chi connectivity index (χ1v) is 7.42. The van der Waals surface area contributed by atoms with Gasteiger partial charge in [0.25, 0.3) is 0 Å². The Labute approximate surface area is 134 Å². The largest absolute Gasteiger partial charge is 0.481 e. The maximum Gasteiger partial charge on any atom is 0.335 e. The van der Waals surface area contributed by atoms with Crippen molar-refractivity contribution in [3.8, 4) is 6.07 Å². The molecular formula is C16H19N3O4. The highest BCUT2D eigenvalue weighted by molar-refractivity contribution is 5.87. The van der Waals surface area contributed by atoms with Crippen molar-refractivity contribution in [1.82, 2.24) is 9.80 Å². The average Bonchev–Trinajstić information content (AvgIpc) is 2.55. The van der Waals surface area contributed by atoms with E-state index >= 15 is 0 Å². The van der Waals surface area contributed by atoms with E-state index in [1.807, 2.05) is 4.90 Å². The Hall–Kier alpha value is -2.43. The molecule has 0 aromatic heterocycles. The Morgan fingerprint density at radius 2 is 1.91 bits per heavy atom. The molecule has 1 atom stereocenters. The molecule has 1 unspecified atom stereocenters. The minimum absolute atomic E-state index is 0.113. The lowest BCUT2D eigenvalue weighted by Crippen LogP contribution is -2.47. The van der Waals surface area contributed by atoms with Gasteiger partial charge in [-0.1, -0.05) is 12.1 Å². The number of aliphatic carboxylic acids is 1. The molecule has 1 aromatic carbocycles. The lowest BCUT2D eigenvalue weighted by atomic mass is 10.0. The van der Waals surface area contributed by atoms with Crippen LogP contribution in [-0.2, 0) is 4.79 Å². The Morgan fingerprint density at radius 3 is 2.48 bits per heavy atom. The molecule has 1 aliphatic heterocycles. The summed E-state index contributed by atoms with van der Waals surface area (Å²) >= 11 is 0. The summed E-state index contributed by atoms with van der Waals surface area (Å²) in [6.45, 7) is 3.20. The first-order chi connectivity index (χ1) is 11.0. The van der Waals surface area contributed by atoms with E-state index in [0.717, 1.165) is 0 Å². The standard InChI is InChI=1S/C16H19N3O4/c17-11-14(12-2-1-3-13(10-12)16(22)23)19-8-6-18(7-9-19)5-4-15(20)21/h1-3,10,14H,4-9H2,(H,20,21)(H,22,23). The van der Waals surface area contributed by atoms with Crippen molar-refractivity contribution in [2.45, 2.75) is 12.5 Å². The van der Waals surface area contributed by atoms with Gasteiger partial charge in [0.1, 0.15) is 6.04 Å². The Balaban J connectivity index is 2.00. The van der Waals surface area contributed by atoms with E-state index in [-0.39, 0.29) is 12.0 Å². The van der Waals surface area contributed by atoms with Crippen molar-refractivity contribution in [3.05, 3.63) is 35.4 Å². The van der Waals surface area contributed by atoms with Gasteiger partial charge in [-0.3, -0.25) is 9.69 Å². The molecule has 1 fully saturated rings. The fraction of sp³-hybridized carbons (Fsp3) is 0.438. The van der Waals surface area contributed by atoms with Crippen LogP contribution in [0.3, 0.4) is 0 Å². The van der Waals surface area contributed by atoms with Gasteiger partial charge in [-0.05, 0) is 17.7 Å². The molecule has 0 amide bonds. The molecule has 0 radical (unpaired) electrons. The fourth-order valence-corrected chi connectivity index (χ4v) is 2.71. The van der Waals surface area contributed by atoms with Gasteiger partial charge in [-0.25, -0.2) is 4.79 Å². The van der Waals surface area contributed by atoms with E-state index in [1.165, 1.54) is 12.1 Å². The van der Waals surface area contributed by atoms with E-state index in [1.54, 1.807) is 12.1 Å². The molecule has 0 spiro atoms. The Bertz CT molecular complexity index is 618. The predicted octanol–water partition coefficient (Wildman–Crippen LogP) is 1.04. The van der Waals surface area contributed by atoms with E-state index in [9.17, 15) is 14.9 Å². The topological polar surface area (TPSA) is 105 Å². The highest BCUT2D eigenvalue weighted by Crippen LogP contribution is 2.22. The lowest BCUT2D eigenvalue weighted by molar-refractivity contribution is -0.137. The Kier molecular flexibility index (Phi) is 5.68. The maximum absolute atomic E-state index is 11.1. The molecule has 23 heavy (non-hydrogen) atoms. The van der Waals surface area contributed by atoms with Crippen LogP contribution in [0.2, 0.25) is 0 Å². The zero-order valence-electron chi connectivity index (χ0n) is 12.7. The second-order valence-corrected chi connectivity index (χ2v) is 5.48. The number of nitriles is 1. The first-order valence-electron chi connectivity index (χ1n) is 7.42. The van der Waals surface area contributed by atoms with E-state index in [0.29, 0.717) is 38.3 Å². The van der Waals surface area contributed by atoms with Gasteiger partial charge >= 0.3 is 11.9 Å². The smallest absolute Gasteiger partial charge is 0.335 e. The third-order valence-electron chi connectivity index (χ3n) is 3.99.